The third-order valence-corrected chi connectivity index (χ3v) is 1.12. The Labute approximate surface area is 70.9 Å². The van der Waals surface area contributed by atoms with Crippen molar-refractivity contribution >= 4 is 11.9 Å². The third kappa shape index (κ3) is 3.55. The zero-order valence-corrected chi connectivity index (χ0v) is 7.09. The van der Waals surface area contributed by atoms with Gasteiger partial charge in [-0.15, -0.1) is 0 Å². The Hall–Kier alpha value is -1.58. The quantitative estimate of drug-likeness (QED) is 0.490. The fourth-order valence-electron chi connectivity index (χ4n) is 0.458. The van der Waals surface area contributed by atoms with Crippen LogP contribution in [0.1, 0.15) is 6.92 Å². The molecule has 0 aliphatic rings. The summed E-state index contributed by atoms with van der Waals surface area (Å²) >= 11 is 0. The van der Waals surface area contributed by atoms with E-state index in [1.54, 1.807) is 0 Å². The van der Waals surface area contributed by atoms with Gasteiger partial charge in [-0.3, -0.25) is 4.79 Å². The van der Waals surface area contributed by atoms with E-state index in [9.17, 15) is 9.59 Å². The molecular formula is C8H11NO3. The van der Waals surface area contributed by atoms with Crippen molar-refractivity contribution in [3.63, 3.8) is 0 Å². The molecule has 4 heteroatoms. The van der Waals surface area contributed by atoms with Gasteiger partial charge in [0.25, 0.3) is 0 Å². The van der Waals surface area contributed by atoms with Gasteiger partial charge < -0.3 is 10.1 Å². The maximum absolute atomic E-state index is 10.7. The van der Waals surface area contributed by atoms with Crippen LogP contribution in [0, 0.1) is 0 Å². The molecule has 0 aromatic carbocycles. The van der Waals surface area contributed by atoms with Gasteiger partial charge in [0, 0.05) is 6.20 Å². The number of rotatable bonds is 3. The molecule has 12 heavy (non-hydrogen) atoms. The second kappa shape index (κ2) is 5.12. The Morgan fingerprint density at radius 1 is 1.50 bits per heavy atom. The minimum absolute atomic E-state index is 0.327. The molecule has 4 nitrogen and oxygen atoms in total. The van der Waals surface area contributed by atoms with Gasteiger partial charge in [0.05, 0.1) is 12.7 Å². The molecule has 1 amide bonds. The molecule has 0 rings (SSSR count). The van der Waals surface area contributed by atoms with Crippen molar-refractivity contribution in [2.45, 2.75) is 6.92 Å². The molecule has 0 aliphatic heterocycles. The van der Waals surface area contributed by atoms with Crippen LogP contribution >= 0.6 is 0 Å². The van der Waals surface area contributed by atoms with Crippen LogP contribution in [0.5, 0.6) is 0 Å². The van der Waals surface area contributed by atoms with Crippen molar-refractivity contribution in [1.29, 1.82) is 0 Å². The summed E-state index contributed by atoms with van der Waals surface area (Å²) in [5.74, 6) is -0.836. The molecule has 66 valence electrons. The van der Waals surface area contributed by atoms with E-state index in [0.717, 1.165) is 6.08 Å². The first-order chi connectivity index (χ1) is 5.61. The number of hydrogen-bond donors (Lipinski definition) is 1. The van der Waals surface area contributed by atoms with Gasteiger partial charge in [-0.2, -0.15) is 0 Å². The molecule has 0 fully saturated rings. The van der Waals surface area contributed by atoms with Gasteiger partial charge in [-0.1, -0.05) is 6.58 Å². The van der Waals surface area contributed by atoms with Gasteiger partial charge in [0.2, 0.25) is 5.91 Å². The molecule has 0 aliphatic carbocycles. The molecule has 0 radical (unpaired) electrons. The largest absolute Gasteiger partial charge is 0.466 e. The summed E-state index contributed by atoms with van der Waals surface area (Å²) in [6.45, 7) is 4.78. The summed E-state index contributed by atoms with van der Waals surface area (Å²) in [5.41, 5.74) is 0.327. The monoisotopic (exact) mass is 169 g/mol. The second-order valence-corrected chi connectivity index (χ2v) is 2.03. The zero-order chi connectivity index (χ0) is 9.56. The van der Waals surface area contributed by atoms with Gasteiger partial charge in [-0.05, 0) is 13.0 Å². The van der Waals surface area contributed by atoms with E-state index in [0.29, 0.717) is 5.57 Å². The van der Waals surface area contributed by atoms with Crippen LogP contribution in [-0.4, -0.2) is 19.0 Å². The summed E-state index contributed by atoms with van der Waals surface area (Å²) in [7, 11) is 1.27. The van der Waals surface area contributed by atoms with Gasteiger partial charge >= 0.3 is 5.97 Å². The third-order valence-electron chi connectivity index (χ3n) is 1.12. The number of hydrogen-bond acceptors (Lipinski definition) is 3. The molecular weight excluding hydrogens is 158 g/mol. The molecule has 0 heterocycles. The fraction of sp³-hybridized carbons (Fsp3) is 0.250. The summed E-state index contributed by atoms with van der Waals surface area (Å²) in [6.07, 6.45) is 2.39. The predicted molar refractivity (Wildman–Crippen MR) is 44.1 cm³/mol. The maximum atomic E-state index is 10.7. The second-order valence-electron chi connectivity index (χ2n) is 2.03. The van der Waals surface area contributed by atoms with E-state index >= 15 is 0 Å². The molecule has 0 saturated heterocycles. The van der Waals surface area contributed by atoms with Gasteiger partial charge in [0.1, 0.15) is 0 Å². The number of carbonyl (C=O) groups is 2. The van der Waals surface area contributed by atoms with Crippen molar-refractivity contribution < 1.29 is 14.3 Å². The molecule has 0 spiro atoms. The fourth-order valence-corrected chi connectivity index (χ4v) is 0.458. The normalized spacial score (nSPS) is 10.3. The lowest BCUT2D eigenvalue weighted by atomic mass is 10.3. The highest BCUT2D eigenvalue weighted by molar-refractivity contribution is 5.91. The summed E-state index contributed by atoms with van der Waals surface area (Å²) in [5, 5.41) is 2.33. The molecule has 0 atom stereocenters. The minimum atomic E-state index is -0.473. The number of esters is 1. The predicted octanol–water partition coefficient (Wildman–Crippen LogP) is 0.365. The Kier molecular flexibility index (Phi) is 4.45. The first-order valence-corrected chi connectivity index (χ1v) is 3.29. The summed E-state index contributed by atoms with van der Waals surface area (Å²) in [6, 6.07) is 0. The van der Waals surface area contributed by atoms with Gasteiger partial charge in [-0.25, -0.2) is 4.79 Å². The van der Waals surface area contributed by atoms with Crippen LogP contribution in [0.3, 0.4) is 0 Å². The first-order valence-electron chi connectivity index (χ1n) is 3.29. The molecule has 0 saturated carbocycles. The standard InChI is InChI=1S/C8H11NO3/c1-4-7(10)9-5-6(2)8(11)12-3/h4-5H,1H2,2-3H3,(H,9,10). The first kappa shape index (κ1) is 10.4. The lowest BCUT2D eigenvalue weighted by Gasteiger charge is -1.98. The van der Waals surface area contributed by atoms with Crippen LogP contribution in [0.4, 0.5) is 0 Å². The lowest BCUT2D eigenvalue weighted by Crippen LogP contribution is -2.15. The van der Waals surface area contributed by atoms with E-state index in [-0.39, 0.29) is 5.91 Å². The van der Waals surface area contributed by atoms with E-state index in [1.807, 2.05) is 0 Å². The molecule has 0 unspecified atom stereocenters. The Morgan fingerprint density at radius 3 is 2.50 bits per heavy atom. The van der Waals surface area contributed by atoms with E-state index in [1.165, 1.54) is 20.2 Å². The Bertz CT molecular complexity index is 230. The number of ether oxygens (including phenoxy) is 1. The average molecular weight is 169 g/mol. The van der Waals surface area contributed by atoms with Crippen molar-refractivity contribution in [1.82, 2.24) is 5.32 Å². The molecule has 0 aromatic rings. The molecule has 1 N–H and O–H groups in total. The van der Waals surface area contributed by atoms with E-state index < -0.39 is 5.97 Å². The van der Waals surface area contributed by atoms with E-state index in [2.05, 4.69) is 16.6 Å². The molecule has 0 aromatic heterocycles. The Balaban J connectivity index is 4.09. The van der Waals surface area contributed by atoms with Crippen molar-refractivity contribution in [2.75, 3.05) is 7.11 Å². The number of nitrogens with one attached hydrogen (secondary N) is 1. The molecule has 0 bridgehead atoms. The minimum Gasteiger partial charge on any atom is -0.466 e. The number of amides is 1. The highest BCUT2D eigenvalue weighted by Gasteiger charge is 2.01. The summed E-state index contributed by atoms with van der Waals surface area (Å²) in [4.78, 5) is 21.3. The smallest absolute Gasteiger partial charge is 0.334 e. The van der Waals surface area contributed by atoms with Crippen LogP contribution in [0.15, 0.2) is 24.4 Å². The van der Waals surface area contributed by atoms with Crippen LogP contribution in [-0.2, 0) is 14.3 Å². The SMILES string of the molecule is C=CC(=O)NC=C(C)C(=O)OC. The summed E-state index contributed by atoms with van der Waals surface area (Å²) < 4.78 is 4.39. The highest BCUT2D eigenvalue weighted by atomic mass is 16.5. The number of carbonyl (C=O) groups excluding carboxylic acids is 2. The van der Waals surface area contributed by atoms with Gasteiger partial charge in [0.15, 0.2) is 0 Å². The van der Waals surface area contributed by atoms with Crippen molar-refractivity contribution in [2.24, 2.45) is 0 Å². The van der Waals surface area contributed by atoms with Crippen LogP contribution < -0.4 is 5.32 Å². The van der Waals surface area contributed by atoms with Crippen molar-refractivity contribution in [3.8, 4) is 0 Å². The number of methoxy groups -OCH3 is 1. The van der Waals surface area contributed by atoms with Crippen LogP contribution in [0.2, 0.25) is 0 Å². The Morgan fingerprint density at radius 2 is 2.08 bits per heavy atom. The van der Waals surface area contributed by atoms with E-state index in [4.69, 9.17) is 0 Å². The average Bonchev–Trinajstić information content (AvgIpc) is 2.11. The van der Waals surface area contributed by atoms with Crippen molar-refractivity contribution in [3.05, 3.63) is 24.4 Å². The zero-order valence-electron chi connectivity index (χ0n) is 7.09. The maximum Gasteiger partial charge on any atom is 0.334 e. The lowest BCUT2D eigenvalue weighted by molar-refractivity contribution is -0.136. The topological polar surface area (TPSA) is 55.4 Å². The highest BCUT2D eigenvalue weighted by Crippen LogP contribution is 1.92. The van der Waals surface area contributed by atoms with Crippen LogP contribution in [0.25, 0.3) is 0 Å².